The van der Waals surface area contributed by atoms with E-state index >= 15 is 0 Å². The molecule has 3 rings (SSSR count). The molecule has 0 spiro atoms. The van der Waals surface area contributed by atoms with Crippen LogP contribution in [-0.2, 0) is 4.74 Å². The minimum absolute atomic E-state index is 0.0699. The highest BCUT2D eigenvalue weighted by Gasteiger charge is 2.45. The molecule has 0 bridgehead atoms. The summed E-state index contributed by atoms with van der Waals surface area (Å²) in [4.78, 5) is 4.35. The quantitative estimate of drug-likeness (QED) is 0.896. The number of rotatable bonds is 2. The number of anilines is 1. The van der Waals surface area contributed by atoms with Crippen molar-refractivity contribution < 1.29 is 4.74 Å². The third kappa shape index (κ3) is 2.50. The molecule has 1 unspecified atom stereocenters. The van der Waals surface area contributed by atoms with Gasteiger partial charge in [-0.3, -0.25) is 4.98 Å². The van der Waals surface area contributed by atoms with E-state index in [0.717, 1.165) is 23.0 Å². The number of nitrogens with zero attached hydrogens (tertiary/aromatic N) is 1. The van der Waals surface area contributed by atoms with Gasteiger partial charge in [-0.05, 0) is 58.4 Å². The number of hydrogen-bond donors (Lipinski definition) is 1. The van der Waals surface area contributed by atoms with E-state index in [2.05, 4.69) is 62.3 Å². The van der Waals surface area contributed by atoms with E-state index in [1.54, 1.807) is 0 Å². The lowest BCUT2D eigenvalue weighted by atomic mass is 9.94. The summed E-state index contributed by atoms with van der Waals surface area (Å²) in [6, 6.07) is 10.7. The van der Waals surface area contributed by atoms with Crippen molar-refractivity contribution in [3.05, 3.63) is 36.5 Å². The highest BCUT2D eigenvalue weighted by molar-refractivity contribution is 5.82. The maximum Gasteiger partial charge on any atom is 0.0834 e. The Balaban J connectivity index is 1.86. The number of hydrogen-bond acceptors (Lipinski definition) is 3. The van der Waals surface area contributed by atoms with Gasteiger partial charge in [-0.1, -0.05) is 6.07 Å². The van der Waals surface area contributed by atoms with Gasteiger partial charge in [0.2, 0.25) is 0 Å². The monoisotopic (exact) mass is 270 g/mol. The summed E-state index contributed by atoms with van der Waals surface area (Å²) in [5, 5.41) is 4.79. The second kappa shape index (κ2) is 4.45. The summed E-state index contributed by atoms with van der Waals surface area (Å²) >= 11 is 0. The second-order valence-corrected chi connectivity index (χ2v) is 6.78. The molecule has 0 aliphatic carbocycles. The Morgan fingerprint density at radius 2 is 2.00 bits per heavy atom. The van der Waals surface area contributed by atoms with E-state index in [4.69, 9.17) is 4.74 Å². The van der Waals surface area contributed by atoms with Crippen molar-refractivity contribution >= 4 is 16.6 Å². The summed E-state index contributed by atoms with van der Waals surface area (Å²) in [5.41, 5.74) is 1.93. The fraction of sp³-hybridized carbons (Fsp3) is 0.471. The van der Waals surface area contributed by atoms with Gasteiger partial charge in [0.15, 0.2) is 0 Å². The van der Waals surface area contributed by atoms with E-state index in [1.807, 2.05) is 12.3 Å². The van der Waals surface area contributed by atoms with Crippen LogP contribution >= 0.6 is 0 Å². The maximum atomic E-state index is 6.13. The van der Waals surface area contributed by atoms with Gasteiger partial charge in [0, 0.05) is 17.3 Å². The fourth-order valence-corrected chi connectivity index (χ4v) is 3.15. The third-order valence-electron chi connectivity index (χ3n) is 4.02. The van der Waals surface area contributed by atoms with Crippen molar-refractivity contribution in [3.8, 4) is 0 Å². The van der Waals surface area contributed by atoms with Crippen LogP contribution in [0.15, 0.2) is 36.5 Å². The third-order valence-corrected chi connectivity index (χ3v) is 4.02. The first-order valence-corrected chi connectivity index (χ1v) is 7.17. The molecule has 1 atom stereocenters. The van der Waals surface area contributed by atoms with Gasteiger partial charge >= 0.3 is 0 Å². The lowest BCUT2D eigenvalue weighted by Crippen LogP contribution is -2.38. The number of nitrogens with one attached hydrogen (secondary N) is 1. The van der Waals surface area contributed by atoms with Gasteiger partial charge in [-0.15, -0.1) is 0 Å². The number of aromatic nitrogens is 1. The molecule has 1 aromatic carbocycles. The first kappa shape index (κ1) is 13.4. The predicted molar refractivity (Wildman–Crippen MR) is 83.0 cm³/mol. The largest absolute Gasteiger partial charge is 0.379 e. The topological polar surface area (TPSA) is 34.2 Å². The Hall–Kier alpha value is -1.61. The van der Waals surface area contributed by atoms with Crippen LogP contribution in [0.3, 0.4) is 0 Å². The van der Waals surface area contributed by atoms with Crippen LogP contribution in [0.25, 0.3) is 10.9 Å². The van der Waals surface area contributed by atoms with Crippen LogP contribution in [0.1, 0.15) is 34.1 Å². The normalized spacial score (nSPS) is 23.9. The molecule has 1 aliphatic heterocycles. The Bertz CT molecular complexity index is 634. The van der Waals surface area contributed by atoms with Crippen LogP contribution in [0.2, 0.25) is 0 Å². The lowest BCUT2D eigenvalue weighted by molar-refractivity contribution is -0.0662. The minimum atomic E-state index is -0.159. The van der Waals surface area contributed by atoms with Gasteiger partial charge in [-0.2, -0.15) is 0 Å². The van der Waals surface area contributed by atoms with Crippen LogP contribution in [0.5, 0.6) is 0 Å². The van der Waals surface area contributed by atoms with E-state index in [-0.39, 0.29) is 11.2 Å². The van der Waals surface area contributed by atoms with E-state index < -0.39 is 0 Å². The highest BCUT2D eigenvalue weighted by atomic mass is 16.5. The standard InChI is InChI=1S/C17H22N2O/c1-16(2)11-15(17(3,4)20-16)19-13-7-8-14-12(10-13)6-5-9-18-14/h5-10,15,19H,11H2,1-4H3. The van der Waals surface area contributed by atoms with Crippen molar-refractivity contribution in [2.45, 2.75) is 51.4 Å². The van der Waals surface area contributed by atoms with Crippen LogP contribution in [0, 0.1) is 0 Å². The molecular formula is C17H22N2O. The Morgan fingerprint density at radius 3 is 2.70 bits per heavy atom. The van der Waals surface area contributed by atoms with E-state index in [0.29, 0.717) is 6.04 Å². The molecule has 2 aromatic rings. The Labute approximate surface area is 120 Å². The number of benzene rings is 1. The molecule has 0 radical (unpaired) electrons. The summed E-state index contributed by atoms with van der Waals surface area (Å²) in [7, 11) is 0. The zero-order valence-corrected chi connectivity index (χ0v) is 12.6. The molecule has 1 fully saturated rings. The maximum absolute atomic E-state index is 6.13. The molecular weight excluding hydrogens is 248 g/mol. The van der Waals surface area contributed by atoms with Gasteiger partial charge in [0.05, 0.1) is 22.8 Å². The molecule has 0 saturated carbocycles. The summed E-state index contributed by atoms with van der Waals surface area (Å²) in [5.74, 6) is 0. The Morgan fingerprint density at radius 1 is 1.20 bits per heavy atom. The zero-order chi connectivity index (χ0) is 14.4. The molecule has 1 N–H and O–H groups in total. The predicted octanol–water partition coefficient (Wildman–Crippen LogP) is 3.99. The minimum Gasteiger partial charge on any atom is -0.379 e. The van der Waals surface area contributed by atoms with E-state index in [1.165, 1.54) is 0 Å². The first-order valence-electron chi connectivity index (χ1n) is 7.17. The van der Waals surface area contributed by atoms with Crippen molar-refractivity contribution in [2.75, 3.05) is 5.32 Å². The van der Waals surface area contributed by atoms with Crippen LogP contribution in [0.4, 0.5) is 5.69 Å². The van der Waals surface area contributed by atoms with Gasteiger partial charge in [0.25, 0.3) is 0 Å². The molecule has 1 aromatic heterocycles. The molecule has 2 heterocycles. The number of ether oxygens (including phenoxy) is 1. The van der Waals surface area contributed by atoms with Crippen LogP contribution in [-0.4, -0.2) is 22.2 Å². The zero-order valence-electron chi connectivity index (χ0n) is 12.6. The average molecular weight is 270 g/mol. The first-order chi connectivity index (χ1) is 9.36. The number of fused-ring (bicyclic) bond motifs is 1. The molecule has 0 amide bonds. The second-order valence-electron chi connectivity index (χ2n) is 6.78. The molecule has 3 heteroatoms. The molecule has 1 saturated heterocycles. The van der Waals surface area contributed by atoms with E-state index in [9.17, 15) is 0 Å². The fourth-order valence-electron chi connectivity index (χ4n) is 3.15. The van der Waals surface area contributed by atoms with Gasteiger partial charge < -0.3 is 10.1 Å². The van der Waals surface area contributed by atoms with Crippen LogP contribution < -0.4 is 5.32 Å². The highest BCUT2D eigenvalue weighted by Crippen LogP contribution is 2.39. The van der Waals surface area contributed by atoms with Gasteiger partial charge in [-0.25, -0.2) is 0 Å². The summed E-state index contributed by atoms with van der Waals surface area (Å²) < 4.78 is 6.13. The number of pyridine rings is 1. The summed E-state index contributed by atoms with van der Waals surface area (Å²) in [6.45, 7) is 8.62. The summed E-state index contributed by atoms with van der Waals surface area (Å²) in [6.07, 6.45) is 2.83. The van der Waals surface area contributed by atoms with Gasteiger partial charge in [0.1, 0.15) is 0 Å². The smallest absolute Gasteiger partial charge is 0.0834 e. The average Bonchev–Trinajstić information content (AvgIpc) is 2.57. The van der Waals surface area contributed by atoms with Crippen molar-refractivity contribution in [1.82, 2.24) is 4.98 Å². The van der Waals surface area contributed by atoms with Crippen molar-refractivity contribution in [1.29, 1.82) is 0 Å². The molecule has 20 heavy (non-hydrogen) atoms. The Kier molecular flexibility index (Phi) is 2.98. The SMILES string of the molecule is CC1(C)CC(Nc2ccc3ncccc3c2)C(C)(C)O1. The molecule has 1 aliphatic rings. The molecule has 3 nitrogen and oxygen atoms in total. The lowest BCUT2D eigenvalue weighted by Gasteiger charge is -2.28. The molecule has 106 valence electrons. The van der Waals surface area contributed by atoms with Crippen molar-refractivity contribution in [3.63, 3.8) is 0 Å². The van der Waals surface area contributed by atoms with Crippen molar-refractivity contribution in [2.24, 2.45) is 0 Å².